The third kappa shape index (κ3) is 11.6. The van der Waals surface area contributed by atoms with Crippen LogP contribution < -0.4 is 10.6 Å². The second-order valence-electron chi connectivity index (χ2n) is 9.80. The van der Waals surface area contributed by atoms with Gasteiger partial charge in [0, 0.05) is 41.8 Å². The zero-order valence-electron chi connectivity index (χ0n) is 27.2. The van der Waals surface area contributed by atoms with Crippen molar-refractivity contribution in [3.05, 3.63) is 92.2 Å². The summed E-state index contributed by atoms with van der Waals surface area (Å²) in [4.78, 5) is 40.6. The molecule has 262 valence electrons. The van der Waals surface area contributed by atoms with Crippen LogP contribution in [-0.2, 0) is 46.6 Å². The maximum absolute atomic E-state index is 12.0. The Kier molecular flexibility index (Phi) is 16.1. The molecule has 0 amide bonds. The van der Waals surface area contributed by atoms with Crippen molar-refractivity contribution in [2.45, 2.75) is 50.5 Å². The first kappa shape index (κ1) is 39.6. The molecule has 4 rings (SSSR count). The molecule has 0 fully saturated rings. The Morgan fingerprint density at radius 2 is 1.29 bits per heavy atom. The second-order valence-corrected chi connectivity index (χ2v) is 12.7. The number of nitrogens with one attached hydrogen (secondary N) is 2. The zero-order chi connectivity index (χ0) is 35.9. The highest BCUT2D eigenvalue weighted by Gasteiger charge is 2.18. The van der Waals surface area contributed by atoms with Gasteiger partial charge in [0.1, 0.15) is 22.8 Å². The highest BCUT2D eigenvalue weighted by atomic mass is 35.5. The van der Waals surface area contributed by atoms with Crippen molar-refractivity contribution < 1.29 is 33.5 Å². The van der Waals surface area contributed by atoms with Crippen LogP contribution in [0, 0.1) is 0 Å². The Hall–Kier alpha value is -3.86. The summed E-state index contributed by atoms with van der Waals surface area (Å²) in [5.41, 5.74) is 3.47. The molecule has 4 N–H and O–H groups in total. The minimum Gasteiger partial charge on any atom is -0.462 e. The smallest absolute Gasteiger partial charge is 0.343 e. The van der Waals surface area contributed by atoms with Crippen molar-refractivity contribution in [3.63, 3.8) is 0 Å². The highest BCUT2D eigenvalue weighted by molar-refractivity contribution is 7.98. The number of carbonyl (C=O) groups is 2. The van der Waals surface area contributed by atoms with E-state index >= 15 is 0 Å². The summed E-state index contributed by atoms with van der Waals surface area (Å²) < 4.78 is 21.6. The lowest BCUT2D eigenvalue weighted by atomic mass is 10.1. The van der Waals surface area contributed by atoms with E-state index in [0.29, 0.717) is 45.2 Å². The number of nitrogens with zero attached hydrogens (tertiary/aromatic N) is 4. The monoisotopic (exact) mass is 750 g/mol. The minimum atomic E-state index is -1.38. The Bertz CT molecular complexity index is 1780. The first-order valence-corrected chi connectivity index (χ1v) is 18.3. The van der Waals surface area contributed by atoms with Gasteiger partial charge in [-0.3, -0.25) is 4.21 Å². The van der Waals surface area contributed by atoms with E-state index in [4.69, 9.17) is 42.9 Å². The normalized spacial score (nSPS) is 11.2. The number of carbonyl (C=O) groups excluding carboxylic acids is 2. The molecular formula is C32H36Cl2N6O7S2. The van der Waals surface area contributed by atoms with Crippen molar-refractivity contribution in [3.8, 4) is 0 Å². The van der Waals surface area contributed by atoms with Crippen molar-refractivity contribution >= 4 is 69.3 Å². The summed E-state index contributed by atoms with van der Waals surface area (Å²) in [5, 5.41) is 26.1. The average molecular weight is 752 g/mol. The lowest BCUT2D eigenvalue weighted by Crippen LogP contribution is -2.14. The third-order valence-corrected chi connectivity index (χ3v) is 8.44. The van der Waals surface area contributed by atoms with Gasteiger partial charge in [-0.05, 0) is 54.5 Å². The molecule has 1 atom stereocenters. The van der Waals surface area contributed by atoms with E-state index in [2.05, 4.69) is 30.6 Å². The average Bonchev–Trinajstić information content (AvgIpc) is 3.10. The van der Waals surface area contributed by atoms with Crippen molar-refractivity contribution in [1.82, 2.24) is 19.9 Å². The van der Waals surface area contributed by atoms with Gasteiger partial charge in [0.15, 0.2) is 5.16 Å². The van der Waals surface area contributed by atoms with Gasteiger partial charge in [-0.15, -0.1) is 0 Å². The first-order valence-electron chi connectivity index (χ1n) is 14.7. The fraction of sp³-hybridized carbons (Fsp3) is 0.312. The van der Waals surface area contributed by atoms with Crippen LogP contribution in [-0.4, -0.2) is 72.0 Å². The number of aliphatic hydroxyl groups is 2. The highest BCUT2D eigenvalue weighted by Crippen LogP contribution is 2.22. The predicted octanol–water partition coefficient (Wildman–Crippen LogP) is 5.28. The van der Waals surface area contributed by atoms with Gasteiger partial charge in [-0.2, -0.15) is 0 Å². The Morgan fingerprint density at radius 1 is 0.816 bits per heavy atom. The summed E-state index contributed by atoms with van der Waals surface area (Å²) in [6.45, 7) is 4.44. The van der Waals surface area contributed by atoms with Crippen LogP contribution in [0.3, 0.4) is 0 Å². The van der Waals surface area contributed by atoms with E-state index in [1.54, 1.807) is 44.2 Å². The number of anilines is 2. The van der Waals surface area contributed by atoms with Crippen molar-refractivity contribution in [2.75, 3.05) is 36.4 Å². The van der Waals surface area contributed by atoms with Crippen molar-refractivity contribution in [1.29, 1.82) is 0 Å². The standard InChI is InChI=1S/C16H18ClN3O4S.C16H18ClN3O3S/c1-3-24-15(22)12-8-19-16(25(2)23)20-14(12)18-7-10-4-5-11(9-21)13(17)6-10;1-3-23-15(22)12-8-19-16(24-2)20-14(12)18-7-10-4-5-11(9-21)13(17)6-10/h4-6,8,21H,3,7,9H2,1-2H3,(H,18,19,20);4-6,8,21H,3,7,9H2,1-2H3,(H,18,19,20). The number of benzene rings is 2. The van der Waals surface area contributed by atoms with Crippen LogP contribution in [0.5, 0.6) is 0 Å². The third-order valence-electron chi connectivity index (χ3n) is 6.46. The minimum absolute atomic E-state index is 0.109. The van der Waals surface area contributed by atoms with E-state index in [1.165, 1.54) is 30.4 Å². The van der Waals surface area contributed by atoms with Gasteiger partial charge in [-0.25, -0.2) is 29.5 Å². The van der Waals surface area contributed by atoms with Crippen molar-refractivity contribution in [2.24, 2.45) is 0 Å². The van der Waals surface area contributed by atoms with Gasteiger partial charge >= 0.3 is 11.9 Å². The molecule has 2 aromatic carbocycles. The van der Waals surface area contributed by atoms with Gasteiger partial charge in [-0.1, -0.05) is 59.2 Å². The van der Waals surface area contributed by atoms with Crippen LogP contribution in [0.15, 0.2) is 59.1 Å². The van der Waals surface area contributed by atoms with Crippen LogP contribution in [0.25, 0.3) is 0 Å². The van der Waals surface area contributed by atoms with Crippen LogP contribution in [0.1, 0.15) is 56.8 Å². The molecule has 2 heterocycles. The van der Waals surface area contributed by atoms with Crippen LogP contribution >= 0.6 is 35.0 Å². The molecule has 0 aliphatic rings. The van der Waals surface area contributed by atoms with Crippen LogP contribution in [0.4, 0.5) is 11.6 Å². The van der Waals surface area contributed by atoms with Gasteiger partial charge in [0.25, 0.3) is 0 Å². The lowest BCUT2D eigenvalue weighted by molar-refractivity contribution is 0.0516. The molecule has 0 aliphatic carbocycles. The molecule has 17 heteroatoms. The Balaban J connectivity index is 0.000000266. The first-order chi connectivity index (χ1) is 23.5. The second kappa shape index (κ2) is 20.0. The molecule has 0 saturated heterocycles. The molecule has 0 bridgehead atoms. The number of aliphatic hydroxyl groups excluding tert-OH is 2. The fourth-order valence-corrected chi connectivity index (χ4v) is 5.27. The summed E-state index contributed by atoms with van der Waals surface area (Å²) in [6, 6.07) is 10.6. The quantitative estimate of drug-likeness (QED) is 0.0741. The maximum atomic E-state index is 12.0. The molecule has 0 spiro atoms. The molecule has 1 unspecified atom stereocenters. The molecular weight excluding hydrogens is 715 g/mol. The van der Waals surface area contributed by atoms with E-state index in [0.717, 1.165) is 11.1 Å². The molecule has 13 nitrogen and oxygen atoms in total. The fourth-order valence-electron chi connectivity index (χ4n) is 3.98. The lowest BCUT2D eigenvalue weighted by Gasteiger charge is -2.12. The van der Waals surface area contributed by atoms with E-state index in [1.807, 2.05) is 12.3 Å². The number of ether oxygens (including phenoxy) is 2. The topological polar surface area (TPSA) is 186 Å². The number of hydrogen-bond donors (Lipinski definition) is 4. The number of hydrogen-bond acceptors (Lipinski definition) is 14. The summed E-state index contributed by atoms with van der Waals surface area (Å²) in [7, 11) is -1.38. The SMILES string of the molecule is CCOC(=O)c1cnc(S(C)=O)nc1NCc1ccc(CO)c(Cl)c1.CCOC(=O)c1cnc(SC)nc1NCc1ccc(CO)c(Cl)c1. The molecule has 49 heavy (non-hydrogen) atoms. The van der Waals surface area contributed by atoms with Gasteiger partial charge < -0.3 is 30.3 Å². The molecule has 4 aromatic rings. The van der Waals surface area contributed by atoms with E-state index in [-0.39, 0.29) is 48.5 Å². The van der Waals surface area contributed by atoms with Gasteiger partial charge in [0.05, 0.1) is 37.2 Å². The molecule has 2 aromatic heterocycles. The number of thioether (sulfide) groups is 1. The molecule has 0 saturated carbocycles. The van der Waals surface area contributed by atoms with Crippen LogP contribution in [0.2, 0.25) is 10.0 Å². The van der Waals surface area contributed by atoms with E-state index < -0.39 is 22.7 Å². The van der Waals surface area contributed by atoms with Gasteiger partial charge in [0.2, 0.25) is 5.16 Å². The summed E-state index contributed by atoms with van der Waals surface area (Å²) >= 11 is 13.5. The number of halogens is 2. The molecule has 0 radical (unpaired) electrons. The largest absolute Gasteiger partial charge is 0.462 e. The summed E-state index contributed by atoms with van der Waals surface area (Å²) in [5.74, 6) is -0.385. The number of rotatable bonds is 14. The Labute approximate surface area is 300 Å². The number of esters is 2. The van der Waals surface area contributed by atoms with E-state index in [9.17, 15) is 13.8 Å². The molecule has 0 aliphatic heterocycles. The predicted molar refractivity (Wildman–Crippen MR) is 189 cm³/mol. The Morgan fingerprint density at radius 3 is 1.69 bits per heavy atom. The number of aromatic nitrogens is 4. The zero-order valence-corrected chi connectivity index (χ0v) is 30.3. The maximum Gasteiger partial charge on any atom is 0.343 e. The summed E-state index contributed by atoms with van der Waals surface area (Å²) in [6.07, 6.45) is 6.07.